The molecule has 1 saturated heterocycles. The summed E-state index contributed by atoms with van der Waals surface area (Å²) in [4.78, 5) is 39.2. The Morgan fingerprint density at radius 1 is 0.959 bits per heavy atom. The first-order chi connectivity index (χ1) is 22.9. The molecule has 1 saturated carbocycles. The molecule has 0 radical (unpaired) electrons. The molecule has 12 nitrogen and oxygen atoms in total. The van der Waals surface area contributed by atoms with Crippen LogP contribution in [0.2, 0.25) is 0 Å². The molecule has 3 heterocycles. The van der Waals surface area contributed by atoms with Crippen molar-refractivity contribution in [1.82, 2.24) is 24.3 Å². The third-order valence-corrected chi connectivity index (χ3v) is 9.23. The van der Waals surface area contributed by atoms with Crippen LogP contribution >= 0.6 is 15.9 Å². The predicted octanol–water partition coefficient (Wildman–Crippen LogP) is 6.96. The second kappa shape index (κ2) is 14.4. The molecule has 0 spiro atoms. The van der Waals surface area contributed by atoms with Gasteiger partial charge in [-0.15, -0.1) is 0 Å². The minimum Gasteiger partial charge on any atom is -0.444 e. The van der Waals surface area contributed by atoms with E-state index in [4.69, 9.17) is 24.7 Å². The van der Waals surface area contributed by atoms with E-state index >= 15 is 0 Å². The summed E-state index contributed by atoms with van der Waals surface area (Å²) < 4.78 is 27.5. The minimum atomic E-state index is -0.802. The lowest BCUT2D eigenvalue weighted by Crippen LogP contribution is -2.44. The molecule has 2 N–H and O–H groups in total. The van der Waals surface area contributed by atoms with E-state index < -0.39 is 23.1 Å². The normalized spacial score (nSPS) is 21.8. The standard InChI is InChI=1S/C36H51BrN6O6/c1-34(2,3)48-32(44)41(18-15-23-13-10-9-11-14-23)16-12-17-42(33(45)49-35(4,5)6)20-24-19-26(29-28(24)46-36(7,8)47-29)43-21-25(37)27-30(38)39-22-40-31(27)43/h9-11,13-14,21-22,24,26,28-29H,12,15-20H2,1-8H3,(H2,38,39,40)/t24-,26-,28-,29+/m1/s1. The van der Waals surface area contributed by atoms with Crippen LogP contribution in [-0.2, 0) is 25.4 Å². The molecular weight excluding hydrogens is 692 g/mol. The molecule has 4 atom stereocenters. The third kappa shape index (κ3) is 9.23. The maximum absolute atomic E-state index is 13.7. The van der Waals surface area contributed by atoms with Crippen LogP contribution in [0.15, 0.2) is 47.3 Å². The average molecular weight is 744 g/mol. The number of aromatic nitrogens is 3. The van der Waals surface area contributed by atoms with Gasteiger partial charge in [0.2, 0.25) is 0 Å². The zero-order chi connectivity index (χ0) is 35.7. The number of carbonyl (C=O) groups excluding carboxylic acids is 2. The number of nitrogens with zero attached hydrogens (tertiary/aromatic N) is 5. The van der Waals surface area contributed by atoms with E-state index in [0.717, 1.165) is 15.4 Å². The van der Waals surface area contributed by atoms with Crippen LogP contribution in [0.25, 0.3) is 11.0 Å². The van der Waals surface area contributed by atoms with Gasteiger partial charge in [0.05, 0.1) is 17.5 Å². The van der Waals surface area contributed by atoms with Crippen molar-refractivity contribution < 1.29 is 28.5 Å². The molecule has 268 valence electrons. The number of benzene rings is 1. The molecule has 2 aromatic heterocycles. The summed E-state index contributed by atoms with van der Waals surface area (Å²) in [5.41, 5.74) is 6.75. The van der Waals surface area contributed by atoms with Crippen molar-refractivity contribution >= 4 is 45.0 Å². The fourth-order valence-corrected chi connectivity index (χ4v) is 7.27. The largest absolute Gasteiger partial charge is 0.444 e. The van der Waals surface area contributed by atoms with Gasteiger partial charge in [0, 0.05) is 42.8 Å². The summed E-state index contributed by atoms with van der Waals surface area (Å²) in [7, 11) is 0. The first-order valence-electron chi connectivity index (χ1n) is 17.0. The lowest BCUT2D eigenvalue weighted by Gasteiger charge is -2.32. The maximum Gasteiger partial charge on any atom is 0.410 e. The Labute approximate surface area is 297 Å². The molecule has 3 aromatic rings. The van der Waals surface area contributed by atoms with Crippen LogP contribution in [0.3, 0.4) is 0 Å². The van der Waals surface area contributed by atoms with Gasteiger partial charge in [-0.2, -0.15) is 0 Å². The van der Waals surface area contributed by atoms with Crippen LogP contribution in [0, 0.1) is 5.92 Å². The maximum atomic E-state index is 13.7. The highest BCUT2D eigenvalue weighted by atomic mass is 79.9. The van der Waals surface area contributed by atoms with E-state index in [2.05, 4.69) is 30.5 Å². The Morgan fingerprint density at radius 3 is 2.22 bits per heavy atom. The van der Waals surface area contributed by atoms with Crippen molar-refractivity contribution in [2.75, 3.05) is 31.9 Å². The van der Waals surface area contributed by atoms with Crippen molar-refractivity contribution in [2.24, 2.45) is 5.92 Å². The summed E-state index contributed by atoms with van der Waals surface area (Å²) >= 11 is 3.64. The van der Waals surface area contributed by atoms with Crippen molar-refractivity contribution in [3.63, 3.8) is 0 Å². The number of hydrogen-bond acceptors (Lipinski definition) is 9. The van der Waals surface area contributed by atoms with Gasteiger partial charge in [-0.25, -0.2) is 19.6 Å². The predicted molar refractivity (Wildman–Crippen MR) is 191 cm³/mol. The van der Waals surface area contributed by atoms with Gasteiger partial charge in [0.15, 0.2) is 5.79 Å². The van der Waals surface area contributed by atoms with Gasteiger partial charge >= 0.3 is 12.2 Å². The Balaban J connectivity index is 1.35. The molecule has 13 heteroatoms. The minimum absolute atomic E-state index is 0.0697. The van der Waals surface area contributed by atoms with Gasteiger partial charge in [-0.05, 0) is 96.1 Å². The Kier molecular flexibility index (Phi) is 10.9. The highest BCUT2D eigenvalue weighted by Crippen LogP contribution is 2.48. The smallest absolute Gasteiger partial charge is 0.410 e. The van der Waals surface area contributed by atoms with Gasteiger partial charge in [0.25, 0.3) is 0 Å². The molecule has 1 aromatic carbocycles. The number of anilines is 1. The van der Waals surface area contributed by atoms with Crippen LogP contribution in [0.5, 0.6) is 0 Å². The summed E-state index contributed by atoms with van der Waals surface area (Å²) in [5.74, 6) is -0.477. The number of amides is 2. The van der Waals surface area contributed by atoms with E-state index in [9.17, 15) is 9.59 Å². The Morgan fingerprint density at radius 2 is 1.57 bits per heavy atom. The zero-order valence-corrected chi connectivity index (χ0v) is 31.5. The number of nitrogens with two attached hydrogens (primary N) is 1. The second-order valence-electron chi connectivity index (χ2n) is 15.5. The summed E-state index contributed by atoms with van der Waals surface area (Å²) in [6.07, 6.45) is 4.00. The fourth-order valence-electron chi connectivity index (χ4n) is 6.67. The summed E-state index contributed by atoms with van der Waals surface area (Å²) in [6, 6.07) is 9.93. The van der Waals surface area contributed by atoms with Gasteiger partial charge in [0.1, 0.15) is 35.1 Å². The number of rotatable bonds is 10. The van der Waals surface area contributed by atoms with Crippen LogP contribution < -0.4 is 5.73 Å². The molecule has 1 aliphatic heterocycles. The molecule has 0 unspecified atom stereocenters. The Hall–Kier alpha value is -3.42. The number of carbonyl (C=O) groups is 2. The molecule has 2 aliphatic rings. The first kappa shape index (κ1) is 36.9. The molecule has 2 fully saturated rings. The quantitative estimate of drug-likeness (QED) is 0.234. The lowest BCUT2D eigenvalue weighted by molar-refractivity contribution is -0.160. The highest BCUT2D eigenvalue weighted by Gasteiger charge is 2.55. The SMILES string of the molecule is CC(C)(C)OC(=O)N(CCCN(C[C@H]1C[C@@H](n2cc(Br)c3c(N)ncnc32)[C@@H]2OC(C)(C)O[C@H]12)C(=O)OC(C)(C)C)CCc1ccccc1. The van der Waals surface area contributed by atoms with Crippen LogP contribution in [0.4, 0.5) is 15.4 Å². The van der Waals surface area contributed by atoms with E-state index in [1.807, 2.05) is 91.9 Å². The molecule has 1 aliphatic carbocycles. The monoisotopic (exact) mass is 742 g/mol. The highest BCUT2D eigenvalue weighted by molar-refractivity contribution is 9.10. The lowest BCUT2D eigenvalue weighted by atomic mass is 10.0. The zero-order valence-electron chi connectivity index (χ0n) is 29.9. The van der Waals surface area contributed by atoms with Crippen LogP contribution in [-0.4, -0.2) is 91.9 Å². The fraction of sp³-hybridized carbons (Fsp3) is 0.611. The Bertz CT molecular complexity index is 1620. The van der Waals surface area contributed by atoms with Crippen molar-refractivity contribution in [1.29, 1.82) is 0 Å². The topological polar surface area (TPSA) is 134 Å². The summed E-state index contributed by atoms with van der Waals surface area (Å²) in [6.45, 7) is 16.7. The number of hydrogen-bond donors (Lipinski definition) is 1. The van der Waals surface area contributed by atoms with E-state index in [1.54, 1.807) is 9.80 Å². The van der Waals surface area contributed by atoms with Gasteiger partial charge < -0.3 is 39.0 Å². The van der Waals surface area contributed by atoms with E-state index in [-0.39, 0.29) is 30.3 Å². The molecule has 5 rings (SSSR count). The van der Waals surface area contributed by atoms with Crippen LogP contribution in [0.1, 0.15) is 79.8 Å². The van der Waals surface area contributed by atoms with Gasteiger partial charge in [-0.1, -0.05) is 30.3 Å². The second-order valence-corrected chi connectivity index (χ2v) is 16.3. The van der Waals surface area contributed by atoms with Gasteiger partial charge in [-0.3, -0.25) is 0 Å². The average Bonchev–Trinajstić information content (AvgIpc) is 3.61. The van der Waals surface area contributed by atoms with E-state index in [1.165, 1.54) is 6.33 Å². The summed E-state index contributed by atoms with van der Waals surface area (Å²) in [5, 5.41) is 0.748. The van der Waals surface area contributed by atoms with Crippen molar-refractivity contribution in [2.45, 2.75) is 110 Å². The molecule has 2 amide bonds. The number of halogens is 1. The van der Waals surface area contributed by atoms with E-state index in [0.29, 0.717) is 56.9 Å². The first-order valence-corrected chi connectivity index (χ1v) is 17.8. The van der Waals surface area contributed by atoms with Crippen molar-refractivity contribution in [3.8, 4) is 0 Å². The van der Waals surface area contributed by atoms with Crippen molar-refractivity contribution in [3.05, 3.63) is 52.9 Å². The molecule has 0 bridgehead atoms. The number of fused-ring (bicyclic) bond motifs is 2. The molecular formula is C36H51BrN6O6. The molecule has 49 heavy (non-hydrogen) atoms. The third-order valence-electron chi connectivity index (χ3n) is 8.63. The number of ether oxygens (including phenoxy) is 4. The number of nitrogen functional groups attached to an aromatic ring is 1.